The van der Waals surface area contributed by atoms with E-state index in [1.54, 1.807) is 20.8 Å². The van der Waals surface area contributed by atoms with E-state index in [0.717, 1.165) is 0 Å². The molecule has 1 heterocycles. The molecule has 0 saturated carbocycles. The Morgan fingerprint density at radius 2 is 1.16 bits per heavy atom. The van der Waals surface area contributed by atoms with E-state index in [0.29, 0.717) is 0 Å². The molecule has 0 bridgehead atoms. The first-order valence-corrected chi connectivity index (χ1v) is 12.8. The summed E-state index contributed by atoms with van der Waals surface area (Å²) in [6, 6.07) is 0. The number of nitrogens with zero attached hydrogens (tertiary/aromatic N) is 1. The minimum atomic E-state index is -6.04. The van der Waals surface area contributed by atoms with Gasteiger partial charge in [0.1, 0.15) is 5.60 Å². The third-order valence-corrected chi connectivity index (χ3v) is 7.16. The summed E-state index contributed by atoms with van der Waals surface area (Å²) in [5, 5.41) is 0. The fourth-order valence-electron chi connectivity index (χ4n) is 6.30. The molecule has 0 aromatic carbocycles. The number of alkyl halides is 6. The van der Waals surface area contributed by atoms with Gasteiger partial charge in [0.2, 0.25) is 0 Å². The number of esters is 1. The Hall–Kier alpha value is -1.74. The highest BCUT2D eigenvalue weighted by atomic mass is 19.4. The van der Waals surface area contributed by atoms with Crippen molar-refractivity contribution in [2.24, 2.45) is 32.6 Å². The molecule has 2 atom stereocenters. The quantitative estimate of drug-likeness (QED) is 0.195. The molecule has 0 saturated heterocycles. The fraction of sp³-hybridized carbons (Fsp3) is 0.857. The predicted molar refractivity (Wildman–Crippen MR) is 135 cm³/mol. The Morgan fingerprint density at radius 3 is 1.42 bits per heavy atom. The van der Waals surface area contributed by atoms with Crippen molar-refractivity contribution in [3.05, 3.63) is 11.1 Å². The normalized spacial score (nSPS) is 26.9. The van der Waals surface area contributed by atoms with Crippen molar-refractivity contribution in [3.8, 4) is 0 Å². The summed E-state index contributed by atoms with van der Waals surface area (Å²) < 4.78 is 105. The molecule has 1 aliphatic heterocycles. The first kappa shape index (κ1) is 32.5. The maximum absolute atomic E-state index is 15.5. The van der Waals surface area contributed by atoms with Crippen molar-refractivity contribution in [1.82, 2.24) is 0 Å². The average Bonchev–Trinajstić information content (AvgIpc) is 2.54. The van der Waals surface area contributed by atoms with Gasteiger partial charge in [0, 0.05) is 11.3 Å². The Balaban J connectivity index is 3.55. The van der Waals surface area contributed by atoms with Crippen LogP contribution in [0.2, 0.25) is 0 Å². The lowest BCUT2D eigenvalue weighted by atomic mass is 9.33. The van der Waals surface area contributed by atoms with E-state index in [1.807, 2.05) is 0 Å². The molecule has 0 aromatic rings. The summed E-state index contributed by atoms with van der Waals surface area (Å²) in [5.74, 6) is -3.29. The Bertz CT molecular complexity index is 1030. The molecule has 0 unspecified atom stereocenters. The molecule has 4 nitrogen and oxygen atoms in total. The standard InChI is InChI=1S/C28H43F6NO3/c1-15(2)18-35-26(27(29,30)31,28(32,33)34)24(19(36)38-23(12,13)14)16(20(3,4)5)17(21(6,7)8)25(24,37-18)22(9,10)11/h15H,1-14H3/t24-,25+/m1/s1. The van der Waals surface area contributed by atoms with E-state index < -0.39 is 68.5 Å². The molecule has 220 valence electrons. The number of carbonyl (C=O) groups excluding carboxylic acids is 1. The van der Waals surface area contributed by atoms with Crippen LogP contribution in [0.15, 0.2) is 16.1 Å². The number of halogens is 6. The highest BCUT2D eigenvalue weighted by molar-refractivity contribution is 5.96. The van der Waals surface area contributed by atoms with Crippen LogP contribution in [0, 0.1) is 27.6 Å². The van der Waals surface area contributed by atoms with Crippen molar-refractivity contribution >= 4 is 11.9 Å². The molecule has 38 heavy (non-hydrogen) atoms. The summed E-state index contributed by atoms with van der Waals surface area (Å²) in [6.07, 6.45) is -12.1. The summed E-state index contributed by atoms with van der Waals surface area (Å²) in [7, 11) is 0. The van der Waals surface area contributed by atoms with E-state index in [4.69, 9.17) is 9.47 Å². The van der Waals surface area contributed by atoms with Gasteiger partial charge < -0.3 is 9.47 Å². The molecule has 2 aliphatic rings. The number of ether oxygens (including phenoxy) is 2. The molecular formula is C28H43F6NO3. The minimum Gasteiger partial charge on any atom is -0.468 e. The van der Waals surface area contributed by atoms with Crippen LogP contribution in [0.5, 0.6) is 0 Å². The third-order valence-electron chi connectivity index (χ3n) is 7.16. The van der Waals surface area contributed by atoms with Crippen LogP contribution in [0.1, 0.15) is 96.9 Å². The number of fused-ring (bicyclic) bond motifs is 1. The zero-order chi connectivity index (χ0) is 30.5. The van der Waals surface area contributed by atoms with Crippen LogP contribution in [0.3, 0.4) is 0 Å². The second kappa shape index (κ2) is 8.38. The topological polar surface area (TPSA) is 47.9 Å². The van der Waals surface area contributed by atoms with Gasteiger partial charge in [-0.3, -0.25) is 4.79 Å². The Kier molecular flexibility index (Phi) is 7.16. The Labute approximate surface area is 222 Å². The van der Waals surface area contributed by atoms with Gasteiger partial charge in [-0.05, 0) is 42.7 Å². The lowest BCUT2D eigenvalue weighted by molar-refractivity contribution is -0.359. The van der Waals surface area contributed by atoms with Gasteiger partial charge in [0.05, 0.1) is 0 Å². The Morgan fingerprint density at radius 1 is 0.763 bits per heavy atom. The van der Waals surface area contributed by atoms with Crippen molar-refractivity contribution < 1.29 is 40.6 Å². The van der Waals surface area contributed by atoms with Gasteiger partial charge in [-0.15, -0.1) is 0 Å². The zero-order valence-corrected chi connectivity index (χ0v) is 25.0. The molecule has 0 radical (unpaired) electrons. The van der Waals surface area contributed by atoms with Crippen LogP contribution in [0.25, 0.3) is 0 Å². The van der Waals surface area contributed by atoms with Crippen molar-refractivity contribution in [3.63, 3.8) is 0 Å². The van der Waals surface area contributed by atoms with Gasteiger partial charge in [-0.1, -0.05) is 76.2 Å². The highest BCUT2D eigenvalue weighted by Crippen LogP contribution is 2.80. The van der Waals surface area contributed by atoms with Gasteiger partial charge in [0.25, 0.3) is 5.54 Å². The maximum Gasteiger partial charge on any atom is 0.424 e. The lowest BCUT2D eigenvalue weighted by Gasteiger charge is -2.73. The molecule has 0 fully saturated rings. The van der Waals surface area contributed by atoms with E-state index >= 15 is 26.3 Å². The van der Waals surface area contributed by atoms with Crippen molar-refractivity contribution in [1.29, 1.82) is 0 Å². The van der Waals surface area contributed by atoms with Crippen LogP contribution in [-0.4, -0.2) is 41.0 Å². The summed E-state index contributed by atoms with van der Waals surface area (Å²) in [4.78, 5) is 17.8. The van der Waals surface area contributed by atoms with Gasteiger partial charge in [0.15, 0.2) is 16.9 Å². The predicted octanol–water partition coefficient (Wildman–Crippen LogP) is 8.45. The molecule has 0 N–H and O–H groups in total. The van der Waals surface area contributed by atoms with Gasteiger partial charge in [-0.25, -0.2) is 4.99 Å². The number of carbonyl (C=O) groups is 1. The number of aliphatic imine (C=N–C) groups is 1. The molecule has 0 aromatic heterocycles. The van der Waals surface area contributed by atoms with Crippen LogP contribution in [-0.2, 0) is 14.3 Å². The highest BCUT2D eigenvalue weighted by Gasteiger charge is 2.96. The van der Waals surface area contributed by atoms with Crippen LogP contribution in [0.4, 0.5) is 26.3 Å². The van der Waals surface area contributed by atoms with Gasteiger partial charge in [-0.2, -0.15) is 26.3 Å². The molecule has 2 rings (SSSR count). The largest absolute Gasteiger partial charge is 0.468 e. The summed E-state index contributed by atoms with van der Waals surface area (Å²) in [5.41, 5.74) is -15.9. The average molecular weight is 556 g/mol. The molecule has 10 heteroatoms. The number of hydrogen-bond donors (Lipinski definition) is 0. The van der Waals surface area contributed by atoms with Crippen molar-refractivity contribution in [2.75, 3.05) is 0 Å². The van der Waals surface area contributed by atoms with E-state index in [9.17, 15) is 4.79 Å². The van der Waals surface area contributed by atoms with Crippen LogP contribution >= 0.6 is 0 Å². The van der Waals surface area contributed by atoms with E-state index in [1.165, 1.54) is 76.2 Å². The minimum absolute atomic E-state index is 0.224. The lowest BCUT2D eigenvalue weighted by Crippen LogP contribution is -2.87. The van der Waals surface area contributed by atoms with Gasteiger partial charge >= 0.3 is 18.3 Å². The third kappa shape index (κ3) is 4.09. The summed E-state index contributed by atoms with van der Waals surface area (Å²) in [6.45, 7) is 21.2. The van der Waals surface area contributed by atoms with Crippen molar-refractivity contribution in [2.45, 2.75) is 126 Å². The summed E-state index contributed by atoms with van der Waals surface area (Å²) >= 11 is 0. The molecule has 0 spiro atoms. The first-order chi connectivity index (χ1) is 16.4. The maximum atomic E-state index is 15.5. The zero-order valence-electron chi connectivity index (χ0n) is 25.0. The monoisotopic (exact) mass is 555 g/mol. The second-order valence-electron chi connectivity index (χ2n) is 14.8. The molecule has 0 amide bonds. The SMILES string of the molecule is CC(C)C1=NC(C(F)(F)F)(C(F)(F)F)[C@@]2(C(=O)OC(C)(C)C)C(C(C)(C)C)=C(C(C)(C)C)[C@@]2(C(C)(C)C)O1. The first-order valence-electron chi connectivity index (χ1n) is 12.8. The number of hydrogen-bond acceptors (Lipinski definition) is 4. The van der Waals surface area contributed by atoms with E-state index in [-0.39, 0.29) is 11.1 Å². The van der Waals surface area contributed by atoms with Crippen LogP contribution < -0.4 is 0 Å². The molecule has 1 aliphatic carbocycles. The second-order valence-corrected chi connectivity index (χ2v) is 14.8. The fourth-order valence-corrected chi connectivity index (χ4v) is 6.30. The van der Waals surface area contributed by atoms with E-state index in [2.05, 4.69) is 4.99 Å². The number of rotatable bonds is 2. The molecular weight excluding hydrogens is 512 g/mol. The smallest absolute Gasteiger partial charge is 0.424 e.